The summed E-state index contributed by atoms with van der Waals surface area (Å²) in [6.07, 6.45) is 5.25. The predicted octanol–water partition coefficient (Wildman–Crippen LogP) is 5.17. The summed E-state index contributed by atoms with van der Waals surface area (Å²) in [7, 11) is 0. The molecule has 3 nitrogen and oxygen atoms in total. The van der Waals surface area contributed by atoms with Crippen molar-refractivity contribution in [1.29, 1.82) is 0 Å². The quantitative estimate of drug-likeness (QED) is 0.552. The molecule has 1 aromatic heterocycles. The van der Waals surface area contributed by atoms with E-state index in [0.717, 1.165) is 32.9 Å². The molecule has 1 heterocycles. The second kappa shape index (κ2) is 8.71. The zero-order valence-corrected chi connectivity index (χ0v) is 17.0. The third-order valence-corrected chi connectivity index (χ3v) is 5.85. The van der Waals surface area contributed by atoms with Gasteiger partial charge in [0.25, 0.3) is 5.91 Å². The molecular weight excluding hydrogens is 384 g/mol. The molecule has 0 saturated carbocycles. The van der Waals surface area contributed by atoms with E-state index in [1.54, 1.807) is 35.2 Å². The van der Waals surface area contributed by atoms with Crippen LogP contribution in [0.2, 0.25) is 5.02 Å². The number of thiazole rings is 1. The Hall–Kier alpha value is -1.82. The van der Waals surface area contributed by atoms with Gasteiger partial charge in [-0.1, -0.05) is 47.2 Å². The molecule has 3 aromatic rings. The summed E-state index contributed by atoms with van der Waals surface area (Å²) in [4.78, 5) is 17.4. The molecule has 0 aliphatic carbocycles. The highest BCUT2D eigenvalue weighted by Crippen LogP contribution is 2.19. The number of fused-ring (bicyclic) bond motifs is 1. The topological polar surface area (TPSA) is 34.4 Å². The highest BCUT2D eigenvalue weighted by atomic mass is 35.5. The maximum absolute atomic E-state index is 12.4. The van der Waals surface area contributed by atoms with Gasteiger partial charge < -0.3 is 4.57 Å². The van der Waals surface area contributed by atoms with Crippen LogP contribution in [0, 0.1) is 6.92 Å². The molecule has 1 amide bonds. The number of aryl methyl sites for hydroxylation is 2. The van der Waals surface area contributed by atoms with Gasteiger partial charge in [-0.2, -0.15) is 16.8 Å². The van der Waals surface area contributed by atoms with E-state index in [0.29, 0.717) is 5.02 Å². The van der Waals surface area contributed by atoms with Crippen LogP contribution in [0.4, 0.5) is 0 Å². The van der Waals surface area contributed by atoms with Crippen molar-refractivity contribution >= 4 is 56.9 Å². The molecule has 0 aliphatic heterocycles. The van der Waals surface area contributed by atoms with E-state index in [1.165, 1.54) is 11.6 Å². The Bertz CT molecular complexity index is 1030. The summed E-state index contributed by atoms with van der Waals surface area (Å²) in [6.45, 7) is 2.89. The zero-order chi connectivity index (χ0) is 18.5. The Morgan fingerprint density at radius 3 is 2.88 bits per heavy atom. The number of carbonyl (C=O) groups excluding carboxylic acids is 1. The van der Waals surface area contributed by atoms with Gasteiger partial charge in [-0.3, -0.25) is 4.79 Å². The Kier molecular flexibility index (Phi) is 6.35. The van der Waals surface area contributed by atoms with Gasteiger partial charge in [-0.05, 0) is 48.6 Å². The van der Waals surface area contributed by atoms with Gasteiger partial charge in [0.2, 0.25) is 0 Å². The fraction of sp³-hybridized carbons (Fsp3) is 0.200. The predicted molar refractivity (Wildman–Crippen MR) is 114 cm³/mol. The van der Waals surface area contributed by atoms with Crippen LogP contribution >= 0.6 is 34.7 Å². The first-order valence-electron chi connectivity index (χ1n) is 8.19. The first-order valence-corrected chi connectivity index (χ1v) is 10.8. The number of thioether (sulfide) groups is 1. The van der Waals surface area contributed by atoms with Crippen molar-refractivity contribution in [3.8, 4) is 0 Å². The molecule has 134 valence electrons. The zero-order valence-electron chi connectivity index (χ0n) is 14.6. The van der Waals surface area contributed by atoms with Crippen LogP contribution in [0.1, 0.15) is 11.1 Å². The molecule has 2 aromatic carbocycles. The lowest BCUT2D eigenvalue weighted by molar-refractivity contribution is -0.113. The SMILES string of the molecule is CSCCn1c(=NC(=O)/C=C/c2ccccc2Cl)sc2cc(C)ccc21. The van der Waals surface area contributed by atoms with Crippen LogP contribution in [0.3, 0.4) is 0 Å². The van der Waals surface area contributed by atoms with Gasteiger partial charge in [0.1, 0.15) is 0 Å². The molecule has 0 aliphatic rings. The van der Waals surface area contributed by atoms with Crippen molar-refractivity contribution in [2.75, 3.05) is 12.0 Å². The van der Waals surface area contributed by atoms with E-state index in [9.17, 15) is 4.79 Å². The summed E-state index contributed by atoms with van der Waals surface area (Å²) in [5.74, 6) is 0.683. The van der Waals surface area contributed by atoms with Gasteiger partial charge >= 0.3 is 0 Å². The van der Waals surface area contributed by atoms with Gasteiger partial charge in [0, 0.05) is 23.4 Å². The van der Waals surface area contributed by atoms with E-state index in [1.807, 2.05) is 18.2 Å². The third-order valence-electron chi connectivity index (χ3n) is 3.87. The Morgan fingerprint density at radius 1 is 1.31 bits per heavy atom. The van der Waals surface area contributed by atoms with Gasteiger partial charge in [0.05, 0.1) is 10.2 Å². The smallest absolute Gasteiger partial charge is 0.272 e. The summed E-state index contributed by atoms with van der Waals surface area (Å²) >= 11 is 9.45. The first-order chi connectivity index (χ1) is 12.6. The second-order valence-corrected chi connectivity index (χ2v) is 8.21. The molecule has 26 heavy (non-hydrogen) atoms. The molecule has 0 unspecified atom stereocenters. The minimum absolute atomic E-state index is 0.286. The molecule has 0 fully saturated rings. The lowest BCUT2D eigenvalue weighted by atomic mass is 10.2. The largest absolute Gasteiger partial charge is 0.316 e. The average molecular weight is 403 g/mol. The van der Waals surface area contributed by atoms with Crippen molar-refractivity contribution in [3.05, 3.63) is 69.5 Å². The first kappa shape index (κ1) is 19.0. The molecule has 0 spiro atoms. The van der Waals surface area contributed by atoms with Crippen molar-refractivity contribution < 1.29 is 4.79 Å². The van der Waals surface area contributed by atoms with E-state index in [4.69, 9.17) is 11.6 Å². The maximum Gasteiger partial charge on any atom is 0.272 e. The van der Waals surface area contributed by atoms with Gasteiger partial charge in [0.15, 0.2) is 4.80 Å². The Labute approximate surface area is 166 Å². The van der Waals surface area contributed by atoms with Crippen molar-refractivity contribution in [2.45, 2.75) is 13.5 Å². The number of hydrogen-bond acceptors (Lipinski definition) is 3. The van der Waals surface area contributed by atoms with E-state index in [-0.39, 0.29) is 5.91 Å². The average Bonchev–Trinajstić information content (AvgIpc) is 2.95. The van der Waals surface area contributed by atoms with Crippen LogP contribution in [0.25, 0.3) is 16.3 Å². The third kappa shape index (κ3) is 4.47. The molecule has 6 heteroatoms. The lowest BCUT2D eigenvalue weighted by Crippen LogP contribution is -2.17. The van der Waals surface area contributed by atoms with Crippen molar-refractivity contribution in [2.24, 2.45) is 4.99 Å². The Morgan fingerprint density at radius 2 is 2.12 bits per heavy atom. The molecule has 0 radical (unpaired) electrons. The Balaban J connectivity index is 1.97. The van der Waals surface area contributed by atoms with Crippen LogP contribution in [0.15, 0.2) is 53.5 Å². The van der Waals surface area contributed by atoms with Crippen LogP contribution in [0.5, 0.6) is 0 Å². The lowest BCUT2D eigenvalue weighted by Gasteiger charge is -2.03. The second-order valence-electron chi connectivity index (χ2n) is 5.81. The number of benzene rings is 2. The molecule has 0 saturated heterocycles. The number of nitrogens with zero attached hydrogens (tertiary/aromatic N) is 2. The van der Waals surface area contributed by atoms with Crippen LogP contribution in [-0.4, -0.2) is 22.5 Å². The van der Waals surface area contributed by atoms with Gasteiger partial charge in [-0.25, -0.2) is 0 Å². The molecule has 3 rings (SSSR count). The minimum Gasteiger partial charge on any atom is -0.316 e. The number of amides is 1. The summed E-state index contributed by atoms with van der Waals surface area (Å²) in [5, 5.41) is 0.615. The fourth-order valence-corrected chi connectivity index (χ4v) is 4.29. The standard InChI is InChI=1S/C20H19ClN2OS2/c1-14-7-9-17-18(13-14)26-20(23(17)11-12-25-2)22-19(24)10-8-15-5-3-4-6-16(15)21/h3-10,13H,11-12H2,1-2H3/b10-8+,22-20?. The summed E-state index contributed by atoms with van der Waals surface area (Å²) in [5.41, 5.74) is 3.13. The normalized spacial score (nSPS) is 12.3. The summed E-state index contributed by atoms with van der Waals surface area (Å²) < 4.78 is 3.27. The molecule has 0 N–H and O–H groups in total. The maximum atomic E-state index is 12.4. The number of rotatable bonds is 5. The van der Waals surface area contributed by atoms with E-state index in [2.05, 4.69) is 40.9 Å². The highest BCUT2D eigenvalue weighted by molar-refractivity contribution is 7.98. The van der Waals surface area contributed by atoms with Gasteiger partial charge in [-0.15, -0.1) is 0 Å². The number of halogens is 1. The monoisotopic (exact) mass is 402 g/mol. The number of hydrogen-bond donors (Lipinski definition) is 0. The fourth-order valence-electron chi connectivity index (χ4n) is 2.57. The van der Waals surface area contributed by atoms with Crippen LogP contribution in [-0.2, 0) is 11.3 Å². The van der Waals surface area contributed by atoms with Crippen LogP contribution < -0.4 is 4.80 Å². The van der Waals surface area contributed by atoms with Crippen molar-refractivity contribution in [3.63, 3.8) is 0 Å². The molecular formula is C20H19ClN2OS2. The molecule has 0 atom stereocenters. The number of aromatic nitrogens is 1. The summed E-state index contributed by atoms with van der Waals surface area (Å²) in [6, 6.07) is 13.7. The highest BCUT2D eigenvalue weighted by Gasteiger charge is 2.07. The minimum atomic E-state index is -0.286. The van der Waals surface area contributed by atoms with Crippen molar-refractivity contribution in [1.82, 2.24) is 4.57 Å². The molecule has 0 bridgehead atoms. The van der Waals surface area contributed by atoms with E-state index < -0.39 is 0 Å². The van der Waals surface area contributed by atoms with E-state index >= 15 is 0 Å². The number of carbonyl (C=O) groups is 1.